The minimum atomic E-state index is -0.452. The first-order valence-corrected chi connectivity index (χ1v) is 11.0. The molecule has 0 radical (unpaired) electrons. The highest BCUT2D eigenvalue weighted by Gasteiger charge is 2.23. The third-order valence-electron chi connectivity index (χ3n) is 5.56. The molecule has 3 heteroatoms. The van der Waals surface area contributed by atoms with Gasteiger partial charge in [-0.1, -0.05) is 68.3 Å². The summed E-state index contributed by atoms with van der Waals surface area (Å²) in [6, 6.07) is 14.7. The quantitative estimate of drug-likeness (QED) is 0.156. The number of aromatic hydroxyl groups is 1. The number of ether oxygens (including phenoxy) is 1. The van der Waals surface area contributed by atoms with Crippen LogP contribution in [0.15, 0.2) is 84.5 Å². The Kier molecular flexibility index (Phi) is 8.49. The van der Waals surface area contributed by atoms with E-state index in [-0.39, 0.29) is 16.6 Å². The molecule has 2 aromatic carbocycles. The second-order valence-corrected chi connectivity index (χ2v) is 9.36. The first-order valence-electron chi connectivity index (χ1n) is 11.0. The van der Waals surface area contributed by atoms with E-state index in [0.717, 1.165) is 23.1 Å². The van der Waals surface area contributed by atoms with E-state index in [1.54, 1.807) is 30.3 Å². The highest BCUT2D eigenvalue weighted by atomic mass is 16.5. The molecule has 2 rings (SSSR count). The van der Waals surface area contributed by atoms with Crippen molar-refractivity contribution in [2.24, 2.45) is 5.41 Å². The molecule has 0 aliphatic rings. The van der Waals surface area contributed by atoms with Gasteiger partial charge in [0.2, 0.25) is 0 Å². The number of benzene rings is 2. The maximum atomic E-state index is 12.6. The average Bonchev–Trinajstić information content (AvgIpc) is 2.74. The number of rotatable bonds is 8. The lowest BCUT2D eigenvalue weighted by atomic mass is 9.78. The lowest BCUT2D eigenvalue weighted by molar-refractivity contribution is -0.129. The highest BCUT2D eigenvalue weighted by Crippen LogP contribution is 2.33. The van der Waals surface area contributed by atoms with Crippen molar-refractivity contribution in [3.63, 3.8) is 0 Å². The molecule has 0 aliphatic carbocycles. The van der Waals surface area contributed by atoms with Crippen molar-refractivity contribution >= 4 is 5.97 Å². The molecule has 0 heterocycles. The zero-order chi connectivity index (χ0) is 24.6. The van der Waals surface area contributed by atoms with Crippen molar-refractivity contribution in [3.8, 4) is 23.3 Å². The second-order valence-electron chi connectivity index (χ2n) is 9.36. The number of carbonyl (C=O) groups is 1. The van der Waals surface area contributed by atoms with Gasteiger partial charge in [0.05, 0.1) is 5.57 Å². The minimum Gasteiger partial charge on any atom is -0.508 e. The zero-order valence-corrected chi connectivity index (χ0v) is 20.5. The second kappa shape index (κ2) is 10.9. The van der Waals surface area contributed by atoms with Gasteiger partial charge in [-0.3, -0.25) is 0 Å². The van der Waals surface area contributed by atoms with Crippen LogP contribution in [0.4, 0.5) is 0 Å². The summed E-state index contributed by atoms with van der Waals surface area (Å²) in [5.41, 5.74) is 3.29. The fourth-order valence-corrected chi connectivity index (χ4v) is 3.74. The molecule has 0 amide bonds. The Morgan fingerprint density at radius 2 is 1.55 bits per heavy atom. The summed E-state index contributed by atoms with van der Waals surface area (Å²) >= 11 is 0. The molecule has 0 atom stereocenters. The number of phenolic OH excluding ortho intramolecular Hbond substituents is 1. The molecule has 0 saturated carbocycles. The number of hydrogen-bond acceptors (Lipinski definition) is 3. The van der Waals surface area contributed by atoms with E-state index in [9.17, 15) is 9.90 Å². The van der Waals surface area contributed by atoms with Crippen molar-refractivity contribution in [1.82, 2.24) is 0 Å². The van der Waals surface area contributed by atoms with Crippen LogP contribution in [-0.4, -0.2) is 11.1 Å². The van der Waals surface area contributed by atoms with E-state index in [4.69, 9.17) is 4.74 Å². The van der Waals surface area contributed by atoms with Crippen molar-refractivity contribution in [2.45, 2.75) is 53.4 Å². The first-order chi connectivity index (χ1) is 15.5. The molecule has 0 aliphatic heterocycles. The van der Waals surface area contributed by atoms with Gasteiger partial charge >= 0.3 is 5.97 Å². The van der Waals surface area contributed by atoms with Gasteiger partial charge in [-0.05, 0) is 75.6 Å². The lowest BCUT2D eigenvalue weighted by Crippen LogP contribution is -2.18. The molecule has 1 N–H and O–H groups in total. The normalized spacial score (nSPS) is 12.5. The van der Waals surface area contributed by atoms with Gasteiger partial charge in [0.1, 0.15) is 11.5 Å². The summed E-state index contributed by atoms with van der Waals surface area (Å²) in [6.45, 7) is 16.0. The Bertz CT molecular complexity index is 1100. The van der Waals surface area contributed by atoms with Gasteiger partial charge in [-0.25, -0.2) is 4.79 Å². The monoisotopic (exact) mass is 442 g/mol. The van der Waals surface area contributed by atoms with Crippen LogP contribution in [0.5, 0.6) is 11.5 Å². The minimum absolute atomic E-state index is 0.117. The van der Waals surface area contributed by atoms with Crippen LogP contribution in [0, 0.1) is 17.3 Å². The topological polar surface area (TPSA) is 46.5 Å². The lowest BCUT2D eigenvalue weighted by Gasteiger charge is -2.26. The molecule has 0 fully saturated rings. The van der Waals surface area contributed by atoms with Crippen LogP contribution in [0.1, 0.15) is 59.1 Å². The van der Waals surface area contributed by atoms with Crippen LogP contribution in [0.25, 0.3) is 0 Å². The Morgan fingerprint density at radius 3 is 2.06 bits per heavy atom. The summed E-state index contributed by atoms with van der Waals surface area (Å²) in [6.07, 6.45) is 5.97. The third kappa shape index (κ3) is 7.26. The summed E-state index contributed by atoms with van der Waals surface area (Å²) in [5, 5.41) is 9.55. The van der Waals surface area contributed by atoms with Gasteiger partial charge < -0.3 is 9.84 Å². The third-order valence-corrected chi connectivity index (χ3v) is 5.56. The molecule has 0 unspecified atom stereocenters. The van der Waals surface area contributed by atoms with Crippen molar-refractivity contribution in [2.75, 3.05) is 0 Å². The average molecular weight is 443 g/mol. The molecule has 2 aromatic rings. The van der Waals surface area contributed by atoms with Crippen LogP contribution in [0.2, 0.25) is 0 Å². The molecular weight excluding hydrogens is 408 g/mol. The molecule has 0 bridgehead atoms. The number of phenols is 1. The molecule has 0 spiro atoms. The summed E-state index contributed by atoms with van der Waals surface area (Å²) in [7, 11) is 0. The SMILES string of the molecule is C=C/C(=C\C=C(/C)CC(C)(C)C#CC)C(=O)Oc1ccc(C(C)(C)c2ccc(O)cc2)cc1. The van der Waals surface area contributed by atoms with E-state index in [1.165, 1.54) is 6.08 Å². The van der Waals surface area contributed by atoms with Crippen LogP contribution in [-0.2, 0) is 10.2 Å². The largest absolute Gasteiger partial charge is 0.508 e. The Labute approximate surface area is 198 Å². The summed E-state index contributed by atoms with van der Waals surface area (Å²) < 4.78 is 5.57. The molecule has 172 valence electrons. The van der Waals surface area contributed by atoms with E-state index in [2.05, 4.69) is 46.1 Å². The maximum absolute atomic E-state index is 12.6. The van der Waals surface area contributed by atoms with Crippen LogP contribution >= 0.6 is 0 Å². The molecule has 3 nitrogen and oxygen atoms in total. The van der Waals surface area contributed by atoms with Crippen molar-refractivity contribution in [1.29, 1.82) is 0 Å². The predicted molar refractivity (Wildman–Crippen MR) is 136 cm³/mol. The molecule has 0 saturated heterocycles. The fraction of sp³-hybridized carbons (Fsp3) is 0.300. The first kappa shape index (κ1) is 25.7. The van der Waals surface area contributed by atoms with Gasteiger partial charge in [0.15, 0.2) is 0 Å². The number of allylic oxidation sites excluding steroid dienone is 3. The summed E-state index contributed by atoms with van der Waals surface area (Å²) in [5.74, 6) is 6.43. The molecular formula is C30H34O3. The standard InChI is InChI=1S/C30H34O3/c1-8-20-29(4,5)21-22(3)10-11-23(9-2)28(32)33-27-18-14-25(15-19-27)30(6,7)24-12-16-26(31)17-13-24/h9-19,31H,2,21H2,1,3-7H3/b22-10+,23-11+. The smallest absolute Gasteiger partial charge is 0.343 e. The van der Waals surface area contributed by atoms with Crippen LogP contribution < -0.4 is 4.74 Å². The molecule has 33 heavy (non-hydrogen) atoms. The Balaban J connectivity index is 2.12. The molecule has 0 aromatic heterocycles. The van der Waals surface area contributed by atoms with E-state index >= 15 is 0 Å². The highest BCUT2D eigenvalue weighted by molar-refractivity contribution is 5.93. The predicted octanol–water partition coefficient (Wildman–Crippen LogP) is 7.12. The van der Waals surface area contributed by atoms with Crippen LogP contribution in [0.3, 0.4) is 0 Å². The van der Waals surface area contributed by atoms with Crippen molar-refractivity contribution < 1.29 is 14.6 Å². The van der Waals surface area contributed by atoms with E-state index in [0.29, 0.717) is 11.3 Å². The maximum Gasteiger partial charge on any atom is 0.343 e. The Hall–Kier alpha value is -3.51. The number of esters is 1. The van der Waals surface area contributed by atoms with Gasteiger partial charge in [0, 0.05) is 10.8 Å². The van der Waals surface area contributed by atoms with Gasteiger partial charge in [0.25, 0.3) is 0 Å². The number of carbonyl (C=O) groups excluding carboxylic acids is 1. The summed E-state index contributed by atoms with van der Waals surface area (Å²) in [4.78, 5) is 12.6. The van der Waals surface area contributed by atoms with Crippen molar-refractivity contribution in [3.05, 3.63) is 95.6 Å². The number of hydrogen-bond donors (Lipinski definition) is 1. The fourth-order valence-electron chi connectivity index (χ4n) is 3.74. The zero-order valence-electron chi connectivity index (χ0n) is 20.5. The Morgan fingerprint density at radius 1 is 1.00 bits per heavy atom. The van der Waals surface area contributed by atoms with Gasteiger partial charge in [-0.15, -0.1) is 5.92 Å². The van der Waals surface area contributed by atoms with E-state index < -0.39 is 5.97 Å². The van der Waals surface area contributed by atoms with Gasteiger partial charge in [-0.2, -0.15) is 0 Å². The van der Waals surface area contributed by atoms with E-state index in [1.807, 2.05) is 44.2 Å².